The standard InChI is InChI=1S/C27H48O7Si4/c1-22(2)26(29)25(28)18-21-36(7,8)33-38(11,24-16-13-12-14-17-24)34-37(9,10)32-35(5,6)20-15-19-31-27(30)23(3)4/h12-14,16-17,25,28H,1,3,15,18-21H2,2,4-11H3. The van der Waals surface area contributed by atoms with Crippen LogP contribution in [0.15, 0.2) is 54.6 Å². The number of esters is 1. The lowest BCUT2D eigenvalue weighted by molar-refractivity contribution is -0.138. The Balaban J connectivity index is 2.99. The Morgan fingerprint density at radius 2 is 1.39 bits per heavy atom. The topological polar surface area (TPSA) is 91.3 Å². The summed E-state index contributed by atoms with van der Waals surface area (Å²) >= 11 is 0. The molecule has 38 heavy (non-hydrogen) atoms. The van der Waals surface area contributed by atoms with Crippen molar-refractivity contribution >= 4 is 50.7 Å². The molecule has 0 amide bonds. The number of aliphatic hydroxyl groups excluding tert-OH is 1. The Kier molecular flexibility index (Phi) is 13.0. The van der Waals surface area contributed by atoms with Crippen LogP contribution in [-0.4, -0.2) is 63.3 Å². The van der Waals surface area contributed by atoms with Crippen LogP contribution in [0.1, 0.15) is 26.7 Å². The number of ether oxygens (including phenoxy) is 1. The summed E-state index contributed by atoms with van der Waals surface area (Å²) in [5.74, 6) is -0.689. The van der Waals surface area contributed by atoms with Crippen molar-refractivity contribution < 1.29 is 31.8 Å². The van der Waals surface area contributed by atoms with Crippen LogP contribution in [0.2, 0.25) is 57.9 Å². The summed E-state index contributed by atoms with van der Waals surface area (Å²) in [7, 11) is -10.1. The first-order valence-corrected chi connectivity index (χ1v) is 24.5. The molecule has 0 aliphatic carbocycles. The molecule has 1 rings (SSSR count). The van der Waals surface area contributed by atoms with E-state index in [0.717, 1.165) is 17.7 Å². The third-order valence-corrected chi connectivity index (χ3v) is 21.9. The van der Waals surface area contributed by atoms with E-state index < -0.39 is 39.9 Å². The fourth-order valence-electron chi connectivity index (χ4n) is 4.35. The number of Topliss-reactive ketones (excluding diaryl/α,β-unsaturated/α-hetero) is 1. The molecule has 0 fully saturated rings. The van der Waals surface area contributed by atoms with Gasteiger partial charge in [0, 0.05) is 5.57 Å². The van der Waals surface area contributed by atoms with Gasteiger partial charge in [-0.15, -0.1) is 0 Å². The summed E-state index contributed by atoms with van der Waals surface area (Å²) in [5.41, 5.74) is 0.753. The maximum Gasteiger partial charge on any atom is 0.350 e. The molecule has 7 nitrogen and oxygen atoms in total. The van der Waals surface area contributed by atoms with Gasteiger partial charge in [-0.3, -0.25) is 4.79 Å². The minimum absolute atomic E-state index is 0.322. The molecule has 1 aromatic rings. The molecule has 214 valence electrons. The van der Waals surface area contributed by atoms with Crippen molar-refractivity contribution in [2.24, 2.45) is 0 Å². The van der Waals surface area contributed by atoms with Gasteiger partial charge in [-0.1, -0.05) is 43.5 Å². The number of carbonyl (C=O) groups excluding carboxylic acids is 2. The second kappa shape index (κ2) is 14.3. The molecular formula is C27H48O7Si4. The third-order valence-electron chi connectivity index (χ3n) is 5.98. The van der Waals surface area contributed by atoms with Gasteiger partial charge in [0.2, 0.25) is 0 Å². The van der Waals surface area contributed by atoms with Crippen molar-refractivity contribution in [1.29, 1.82) is 0 Å². The average Bonchev–Trinajstić information content (AvgIpc) is 2.78. The molecular weight excluding hydrogens is 549 g/mol. The number of carbonyl (C=O) groups is 2. The van der Waals surface area contributed by atoms with Gasteiger partial charge in [0.15, 0.2) is 22.4 Å². The Morgan fingerprint density at radius 1 is 0.842 bits per heavy atom. The van der Waals surface area contributed by atoms with Gasteiger partial charge >= 0.3 is 23.1 Å². The van der Waals surface area contributed by atoms with Crippen molar-refractivity contribution in [3.63, 3.8) is 0 Å². The molecule has 0 saturated heterocycles. The molecule has 2 unspecified atom stereocenters. The smallest absolute Gasteiger partial charge is 0.350 e. The number of aliphatic hydroxyl groups is 1. The first kappa shape index (κ1) is 34.6. The largest absolute Gasteiger partial charge is 0.462 e. The molecule has 0 heterocycles. The second-order valence-corrected chi connectivity index (χ2v) is 27.5. The van der Waals surface area contributed by atoms with Crippen molar-refractivity contribution in [1.82, 2.24) is 0 Å². The van der Waals surface area contributed by atoms with E-state index in [4.69, 9.17) is 17.1 Å². The van der Waals surface area contributed by atoms with E-state index in [0.29, 0.717) is 30.2 Å². The average molecular weight is 597 g/mol. The molecule has 0 aromatic heterocycles. The number of hydrogen-bond donors (Lipinski definition) is 1. The van der Waals surface area contributed by atoms with Crippen molar-refractivity contribution in [2.75, 3.05) is 6.61 Å². The van der Waals surface area contributed by atoms with Gasteiger partial charge in [-0.2, -0.15) is 0 Å². The minimum atomic E-state index is -2.93. The Labute approximate surface area is 234 Å². The normalized spacial score (nSPS) is 14.9. The van der Waals surface area contributed by atoms with E-state index in [1.54, 1.807) is 13.8 Å². The van der Waals surface area contributed by atoms with Crippen molar-refractivity contribution in [3.05, 3.63) is 54.6 Å². The zero-order chi connectivity index (χ0) is 29.4. The number of hydrogen-bond acceptors (Lipinski definition) is 7. The van der Waals surface area contributed by atoms with Crippen LogP contribution in [0, 0.1) is 0 Å². The number of ketones is 1. The molecule has 0 bridgehead atoms. The van der Waals surface area contributed by atoms with E-state index in [2.05, 4.69) is 59.0 Å². The van der Waals surface area contributed by atoms with Gasteiger partial charge in [0.25, 0.3) is 0 Å². The molecule has 2 atom stereocenters. The molecule has 0 saturated carbocycles. The molecule has 1 N–H and O–H groups in total. The van der Waals surface area contributed by atoms with Gasteiger partial charge in [0.1, 0.15) is 6.10 Å². The summed E-state index contributed by atoms with van der Waals surface area (Å²) in [6.45, 7) is 25.6. The number of benzene rings is 1. The highest BCUT2D eigenvalue weighted by atomic mass is 28.5. The van der Waals surface area contributed by atoms with Gasteiger partial charge in [0.05, 0.1) is 6.61 Å². The van der Waals surface area contributed by atoms with Gasteiger partial charge in [-0.05, 0) is 95.4 Å². The Morgan fingerprint density at radius 3 is 1.92 bits per heavy atom. The molecule has 11 heteroatoms. The third kappa shape index (κ3) is 12.2. The van der Waals surface area contributed by atoms with E-state index in [1.165, 1.54) is 0 Å². The monoisotopic (exact) mass is 596 g/mol. The summed E-state index contributed by atoms with van der Waals surface area (Å²) in [6, 6.07) is 11.5. The van der Waals surface area contributed by atoms with E-state index >= 15 is 0 Å². The van der Waals surface area contributed by atoms with Crippen LogP contribution in [0.25, 0.3) is 0 Å². The minimum Gasteiger partial charge on any atom is -0.462 e. The van der Waals surface area contributed by atoms with Crippen LogP contribution >= 0.6 is 0 Å². The summed E-state index contributed by atoms with van der Waals surface area (Å²) in [6.07, 6.45) is -0.0149. The molecule has 0 aliphatic heterocycles. The number of rotatable bonds is 17. The van der Waals surface area contributed by atoms with Crippen molar-refractivity contribution in [2.45, 2.75) is 90.7 Å². The lowest BCUT2D eigenvalue weighted by Crippen LogP contribution is -2.63. The van der Waals surface area contributed by atoms with Gasteiger partial charge < -0.3 is 22.2 Å². The second-order valence-electron chi connectivity index (χ2n) is 11.8. The quantitative estimate of drug-likeness (QED) is 0.109. The van der Waals surface area contributed by atoms with Crippen LogP contribution in [-0.2, 0) is 26.7 Å². The summed E-state index contributed by atoms with van der Waals surface area (Å²) in [5, 5.41) is 11.3. The first-order chi connectivity index (χ1) is 17.3. The Hall–Kier alpha value is -1.45. The molecule has 0 spiro atoms. The lowest BCUT2D eigenvalue weighted by atomic mass is 10.1. The molecule has 1 aromatic carbocycles. The fourth-order valence-corrected chi connectivity index (χ4v) is 23.2. The fraction of sp³-hybridized carbons (Fsp3) is 0.556. The maximum atomic E-state index is 12.1. The van der Waals surface area contributed by atoms with E-state index in [9.17, 15) is 14.7 Å². The van der Waals surface area contributed by atoms with Crippen LogP contribution in [0.4, 0.5) is 0 Å². The zero-order valence-electron chi connectivity index (χ0n) is 24.8. The predicted octanol–water partition coefficient (Wildman–Crippen LogP) is 5.53. The highest BCUT2D eigenvalue weighted by Crippen LogP contribution is 2.28. The first-order valence-electron chi connectivity index (χ1n) is 13.2. The van der Waals surface area contributed by atoms with Gasteiger partial charge in [-0.25, -0.2) is 4.79 Å². The van der Waals surface area contributed by atoms with E-state index in [1.807, 2.05) is 30.3 Å². The van der Waals surface area contributed by atoms with Crippen molar-refractivity contribution in [3.8, 4) is 0 Å². The predicted molar refractivity (Wildman–Crippen MR) is 164 cm³/mol. The van der Waals surface area contributed by atoms with Crippen LogP contribution in [0.5, 0.6) is 0 Å². The van der Waals surface area contributed by atoms with Crippen LogP contribution < -0.4 is 5.19 Å². The maximum absolute atomic E-state index is 12.1. The highest BCUT2D eigenvalue weighted by Gasteiger charge is 2.47. The molecule has 0 aliphatic rings. The van der Waals surface area contributed by atoms with E-state index in [-0.39, 0.29) is 11.8 Å². The Bertz CT molecular complexity index is 979. The summed E-state index contributed by atoms with van der Waals surface area (Å²) < 4.78 is 25.8. The lowest BCUT2D eigenvalue weighted by Gasteiger charge is -2.42. The van der Waals surface area contributed by atoms with Crippen LogP contribution in [0.3, 0.4) is 0 Å². The molecule has 0 radical (unpaired) electrons. The highest BCUT2D eigenvalue weighted by molar-refractivity contribution is 6.95. The SMILES string of the molecule is C=C(C)C(=O)OCCC[Si](C)(C)O[Si](C)(C)O[Si](C)(O[Si](C)(C)CCC(O)C(=O)C(=C)C)c1ccccc1. The summed E-state index contributed by atoms with van der Waals surface area (Å²) in [4.78, 5) is 23.8. The zero-order valence-corrected chi connectivity index (χ0v) is 28.8.